The first kappa shape index (κ1) is 21.4. The Morgan fingerprint density at radius 1 is 1.03 bits per heavy atom. The standard InChI is InChI=1S/C22H20N2O7/c1-11-4-3-5-12(8-11)10-31-14-7-6-13(9-15(14)30-2)16-17(21(26)27)19(23)24-20(25)18(16)22(28)29/h3-9H,10H2,1-2H3,(H,26,27)(H,28,29)(H3,23,24,25). The number of benzene rings is 2. The Labute approximate surface area is 176 Å². The van der Waals surface area contributed by atoms with Gasteiger partial charge in [-0.2, -0.15) is 0 Å². The molecule has 0 saturated heterocycles. The smallest absolute Gasteiger partial charge is 0.342 e. The molecule has 1 aromatic heterocycles. The summed E-state index contributed by atoms with van der Waals surface area (Å²) in [5.41, 5.74) is 5.24. The third-order valence-electron chi connectivity index (χ3n) is 4.60. The number of hydrogen-bond donors (Lipinski definition) is 4. The molecule has 160 valence electrons. The average molecular weight is 424 g/mol. The molecule has 0 unspecified atom stereocenters. The number of rotatable bonds is 7. The molecular weight excluding hydrogens is 404 g/mol. The van der Waals surface area contributed by atoms with Gasteiger partial charge in [-0.05, 0) is 30.2 Å². The van der Waals surface area contributed by atoms with Crippen LogP contribution < -0.4 is 20.8 Å². The number of nitrogens with two attached hydrogens (primary N) is 1. The van der Waals surface area contributed by atoms with Crippen LogP contribution in [0.1, 0.15) is 31.8 Å². The Bertz CT molecular complexity index is 1230. The molecule has 0 amide bonds. The molecule has 0 aliphatic rings. The first-order valence-corrected chi connectivity index (χ1v) is 9.12. The summed E-state index contributed by atoms with van der Waals surface area (Å²) in [4.78, 5) is 37.7. The molecule has 0 aliphatic heterocycles. The van der Waals surface area contributed by atoms with Gasteiger partial charge in [0, 0.05) is 5.56 Å². The molecule has 9 heteroatoms. The van der Waals surface area contributed by atoms with E-state index in [-0.39, 0.29) is 23.5 Å². The quantitative estimate of drug-likeness (QED) is 0.452. The summed E-state index contributed by atoms with van der Waals surface area (Å²) in [5.74, 6) is -2.92. The van der Waals surface area contributed by atoms with Crippen molar-refractivity contribution in [3.05, 3.63) is 75.1 Å². The molecule has 3 rings (SSSR count). The molecule has 0 aliphatic carbocycles. The third kappa shape index (κ3) is 4.35. The van der Waals surface area contributed by atoms with Crippen molar-refractivity contribution in [1.29, 1.82) is 0 Å². The Morgan fingerprint density at radius 2 is 1.74 bits per heavy atom. The van der Waals surface area contributed by atoms with Gasteiger partial charge in [-0.3, -0.25) is 4.79 Å². The number of aromatic amines is 1. The summed E-state index contributed by atoms with van der Waals surface area (Å²) in [7, 11) is 1.39. The van der Waals surface area contributed by atoms with Crippen molar-refractivity contribution in [2.75, 3.05) is 12.8 Å². The van der Waals surface area contributed by atoms with Crippen molar-refractivity contribution in [2.24, 2.45) is 0 Å². The van der Waals surface area contributed by atoms with Crippen molar-refractivity contribution in [3.63, 3.8) is 0 Å². The van der Waals surface area contributed by atoms with E-state index < -0.39 is 34.4 Å². The highest BCUT2D eigenvalue weighted by atomic mass is 16.5. The SMILES string of the molecule is COc1cc(-c2c(C(=O)O)c(N)[nH]c(=O)c2C(=O)O)ccc1OCc1cccc(C)c1. The molecular formula is C22H20N2O7. The van der Waals surface area contributed by atoms with E-state index in [1.165, 1.54) is 25.3 Å². The number of pyridine rings is 1. The zero-order valence-electron chi connectivity index (χ0n) is 16.8. The van der Waals surface area contributed by atoms with Crippen LogP contribution in [0.25, 0.3) is 11.1 Å². The highest BCUT2D eigenvalue weighted by Gasteiger charge is 2.27. The van der Waals surface area contributed by atoms with Crippen LogP contribution in [0.4, 0.5) is 5.82 Å². The number of aryl methyl sites for hydroxylation is 1. The number of nitrogen functional groups attached to an aromatic ring is 1. The summed E-state index contributed by atoms with van der Waals surface area (Å²) >= 11 is 0. The Morgan fingerprint density at radius 3 is 2.35 bits per heavy atom. The van der Waals surface area contributed by atoms with Crippen LogP contribution in [0.5, 0.6) is 11.5 Å². The van der Waals surface area contributed by atoms with Crippen molar-refractivity contribution in [3.8, 4) is 22.6 Å². The molecule has 9 nitrogen and oxygen atoms in total. The van der Waals surface area contributed by atoms with Crippen molar-refractivity contribution in [2.45, 2.75) is 13.5 Å². The molecule has 0 fully saturated rings. The number of methoxy groups -OCH3 is 1. The van der Waals surface area contributed by atoms with Gasteiger partial charge in [0.05, 0.1) is 7.11 Å². The fraction of sp³-hybridized carbons (Fsp3) is 0.136. The molecule has 3 aromatic rings. The molecule has 5 N–H and O–H groups in total. The average Bonchev–Trinajstić information content (AvgIpc) is 2.71. The minimum absolute atomic E-state index is 0.132. The van der Waals surface area contributed by atoms with Gasteiger partial charge in [-0.25, -0.2) is 9.59 Å². The largest absolute Gasteiger partial charge is 0.493 e. The van der Waals surface area contributed by atoms with Gasteiger partial charge in [0.1, 0.15) is 23.6 Å². The van der Waals surface area contributed by atoms with Crippen molar-refractivity contribution >= 4 is 17.8 Å². The molecule has 0 saturated carbocycles. The second-order valence-corrected chi connectivity index (χ2v) is 6.75. The maximum Gasteiger partial charge on any atom is 0.342 e. The van der Waals surface area contributed by atoms with E-state index in [1.54, 1.807) is 0 Å². The summed E-state index contributed by atoms with van der Waals surface area (Å²) in [6.45, 7) is 2.22. The molecule has 2 aromatic carbocycles. The third-order valence-corrected chi connectivity index (χ3v) is 4.60. The summed E-state index contributed by atoms with van der Waals surface area (Å²) in [6.07, 6.45) is 0. The lowest BCUT2D eigenvalue weighted by atomic mass is 9.95. The number of ether oxygens (including phenoxy) is 2. The van der Waals surface area contributed by atoms with Gasteiger partial charge in [0.15, 0.2) is 11.5 Å². The fourth-order valence-corrected chi connectivity index (χ4v) is 3.24. The van der Waals surface area contributed by atoms with Crippen LogP contribution in [0, 0.1) is 6.92 Å². The monoisotopic (exact) mass is 424 g/mol. The molecule has 0 atom stereocenters. The van der Waals surface area contributed by atoms with E-state index in [0.29, 0.717) is 5.75 Å². The van der Waals surface area contributed by atoms with E-state index in [4.69, 9.17) is 15.2 Å². The van der Waals surface area contributed by atoms with E-state index in [2.05, 4.69) is 4.98 Å². The van der Waals surface area contributed by atoms with Crippen LogP contribution in [0.15, 0.2) is 47.3 Å². The summed E-state index contributed by atoms with van der Waals surface area (Å²) in [6, 6.07) is 12.1. The summed E-state index contributed by atoms with van der Waals surface area (Å²) in [5, 5.41) is 19.1. The minimum atomic E-state index is -1.59. The van der Waals surface area contributed by atoms with Gasteiger partial charge in [0.2, 0.25) is 0 Å². The number of anilines is 1. The zero-order valence-corrected chi connectivity index (χ0v) is 16.8. The van der Waals surface area contributed by atoms with Crippen LogP contribution >= 0.6 is 0 Å². The predicted octanol–water partition coefficient (Wildman–Crippen LogP) is 2.92. The van der Waals surface area contributed by atoms with Gasteiger partial charge >= 0.3 is 11.9 Å². The lowest BCUT2D eigenvalue weighted by molar-refractivity contribution is 0.0695. The van der Waals surface area contributed by atoms with Crippen LogP contribution in [0.3, 0.4) is 0 Å². The number of H-pyrrole nitrogens is 1. The maximum absolute atomic E-state index is 12.2. The first-order chi connectivity index (χ1) is 14.7. The topological polar surface area (TPSA) is 152 Å². The number of carboxylic acids is 2. The lowest BCUT2D eigenvalue weighted by Gasteiger charge is -2.15. The maximum atomic E-state index is 12.2. The molecule has 1 heterocycles. The Balaban J connectivity index is 2.09. The highest BCUT2D eigenvalue weighted by Crippen LogP contribution is 2.36. The van der Waals surface area contributed by atoms with E-state index in [9.17, 15) is 24.6 Å². The van der Waals surface area contributed by atoms with Crippen LogP contribution in [0.2, 0.25) is 0 Å². The number of carboxylic acid groups (broad SMARTS) is 2. The number of aromatic carboxylic acids is 2. The molecule has 0 spiro atoms. The Hall–Kier alpha value is -4.27. The van der Waals surface area contributed by atoms with Crippen LogP contribution in [-0.2, 0) is 6.61 Å². The minimum Gasteiger partial charge on any atom is -0.493 e. The summed E-state index contributed by atoms with van der Waals surface area (Å²) < 4.78 is 11.2. The van der Waals surface area contributed by atoms with Gasteiger partial charge in [0.25, 0.3) is 5.56 Å². The normalized spacial score (nSPS) is 10.5. The molecule has 0 bridgehead atoms. The van der Waals surface area contributed by atoms with Crippen LogP contribution in [-0.4, -0.2) is 34.2 Å². The number of hydrogen-bond acceptors (Lipinski definition) is 6. The number of nitrogens with one attached hydrogen (secondary N) is 1. The van der Waals surface area contributed by atoms with E-state index in [0.717, 1.165) is 11.1 Å². The van der Waals surface area contributed by atoms with Gasteiger partial charge < -0.3 is 30.4 Å². The Kier molecular flexibility index (Phi) is 5.96. The van der Waals surface area contributed by atoms with Gasteiger partial charge in [-0.1, -0.05) is 35.9 Å². The number of carbonyl (C=O) groups is 2. The molecule has 31 heavy (non-hydrogen) atoms. The predicted molar refractivity (Wildman–Crippen MR) is 113 cm³/mol. The fourth-order valence-electron chi connectivity index (χ4n) is 3.24. The van der Waals surface area contributed by atoms with Crippen molar-refractivity contribution < 1.29 is 29.3 Å². The van der Waals surface area contributed by atoms with Gasteiger partial charge in [-0.15, -0.1) is 0 Å². The molecule has 0 radical (unpaired) electrons. The number of aromatic nitrogens is 1. The lowest BCUT2D eigenvalue weighted by Crippen LogP contribution is -2.24. The highest BCUT2D eigenvalue weighted by molar-refractivity contribution is 6.07. The van der Waals surface area contributed by atoms with E-state index in [1.807, 2.05) is 31.2 Å². The second-order valence-electron chi connectivity index (χ2n) is 6.75. The second kappa shape index (κ2) is 8.62. The van der Waals surface area contributed by atoms with E-state index >= 15 is 0 Å². The first-order valence-electron chi connectivity index (χ1n) is 9.12. The zero-order chi connectivity index (χ0) is 22.7. The van der Waals surface area contributed by atoms with Crippen molar-refractivity contribution in [1.82, 2.24) is 4.98 Å².